The first kappa shape index (κ1) is 15.8. The Morgan fingerprint density at radius 3 is 2.84 bits per heavy atom. The van der Waals surface area contributed by atoms with Crippen LogP contribution in [0.1, 0.15) is 58.2 Å². The summed E-state index contributed by atoms with van der Waals surface area (Å²) in [4.78, 5) is 33.7. The van der Waals surface area contributed by atoms with Crippen molar-refractivity contribution in [1.29, 1.82) is 0 Å². The Morgan fingerprint density at radius 1 is 1.20 bits per heavy atom. The first-order chi connectivity index (χ1) is 12.2. The first-order valence-corrected chi connectivity index (χ1v) is 8.81. The van der Waals surface area contributed by atoms with Crippen LogP contribution in [0.25, 0.3) is 0 Å². The summed E-state index contributed by atoms with van der Waals surface area (Å²) in [6.07, 6.45) is 6.53. The number of rotatable bonds is 5. The summed E-state index contributed by atoms with van der Waals surface area (Å²) in [5.41, 5.74) is 2.03. The second-order valence-corrected chi connectivity index (χ2v) is 6.59. The summed E-state index contributed by atoms with van der Waals surface area (Å²) in [5.74, 6) is -0.0548. The van der Waals surface area contributed by atoms with E-state index in [9.17, 15) is 9.59 Å². The van der Waals surface area contributed by atoms with Crippen LogP contribution in [0.5, 0.6) is 0 Å². The summed E-state index contributed by atoms with van der Waals surface area (Å²) >= 11 is 0. The van der Waals surface area contributed by atoms with Crippen molar-refractivity contribution in [3.63, 3.8) is 0 Å². The third-order valence-electron chi connectivity index (χ3n) is 4.60. The molecule has 25 heavy (non-hydrogen) atoms. The molecule has 2 aromatic rings. The SMILES string of the molecule is O=C(NCc1ccccn1)c1nc(C(=O)NC2CC2)n2c1CCCC2. The highest BCUT2D eigenvalue weighted by molar-refractivity contribution is 5.97. The number of hydrogen-bond acceptors (Lipinski definition) is 4. The first-order valence-electron chi connectivity index (χ1n) is 8.81. The van der Waals surface area contributed by atoms with Gasteiger partial charge in [-0.15, -0.1) is 0 Å². The molecule has 0 spiro atoms. The summed E-state index contributed by atoms with van der Waals surface area (Å²) in [7, 11) is 0. The highest BCUT2D eigenvalue weighted by Crippen LogP contribution is 2.23. The fourth-order valence-corrected chi connectivity index (χ4v) is 3.13. The van der Waals surface area contributed by atoms with Gasteiger partial charge in [-0.2, -0.15) is 0 Å². The zero-order chi connectivity index (χ0) is 17.2. The Hall–Kier alpha value is -2.70. The molecule has 0 radical (unpaired) electrons. The number of carbonyl (C=O) groups is 2. The van der Waals surface area contributed by atoms with Crippen LogP contribution in [-0.2, 0) is 19.5 Å². The van der Waals surface area contributed by atoms with E-state index in [1.54, 1.807) is 6.20 Å². The van der Waals surface area contributed by atoms with Gasteiger partial charge in [0.25, 0.3) is 11.8 Å². The van der Waals surface area contributed by atoms with Crippen LogP contribution in [0, 0.1) is 0 Å². The predicted octanol–water partition coefficient (Wildman–Crippen LogP) is 1.44. The van der Waals surface area contributed by atoms with E-state index >= 15 is 0 Å². The monoisotopic (exact) mass is 339 g/mol. The van der Waals surface area contributed by atoms with Gasteiger partial charge >= 0.3 is 0 Å². The van der Waals surface area contributed by atoms with E-state index in [-0.39, 0.29) is 17.9 Å². The third kappa shape index (κ3) is 3.40. The minimum Gasteiger partial charge on any atom is -0.347 e. The molecule has 2 N–H and O–H groups in total. The number of pyridine rings is 1. The quantitative estimate of drug-likeness (QED) is 0.862. The molecule has 0 saturated heterocycles. The highest BCUT2D eigenvalue weighted by atomic mass is 16.2. The van der Waals surface area contributed by atoms with Crippen LogP contribution in [0.3, 0.4) is 0 Å². The van der Waals surface area contributed by atoms with Crippen LogP contribution in [0.2, 0.25) is 0 Å². The molecule has 1 fully saturated rings. The van der Waals surface area contributed by atoms with Gasteiger partial charge in [-0.3, -0.25) is 14.6 Å². The molecule has 1 aliphatic carbocycles. The van der Waals surface area contributed by atoms with Gasteiger partial charge in [0.1, 0.15) is 5.69 Å². The average molecular weight is 339 g/mol. The highest BCUT2D eigenvalue weighted by Gasteiger charge is 2.30. The predicted molar refractivity (Wildman–Crippen MR) is 91.1 cm³/mol. The maximum absolute atomic E-state index is 12.6. The van der Waals surface area contributed by atoms with Gasteiger partial charge in [0.2, 0.25) is 0 Å². The largest absolute Gasteiger partial charge is 0.347 e. The minimum absolute atomic E-state index is 0.172. The maximum Gasteiger partial charge on any atom is 0.287 e. The maximum atomic E-state index is 12.6. The molecular formula is C18H21N5O2. The molecule has 7 heteroatoms. The van der Waals surface area contributed by atoms with Crippen molar-refractivity contribution in [2.75, 3.05) is 0 Å². The van der Waals surface area contributed by atoms with Crippen LogP contribution in [-0.4, -0.2) is 32.4 Å². The van der Waals surface area contributed by atoms with Gasteiger partial charge in [0.15, 0.2) is 5.82 Å². The Morgan fingerprint density at radius 2 is 2.08 bits per heavy atom. The standard InChI is InChI=1S/C18H21N5O2/c24-17(20-11-13-5-1-3-9-19-13)15-14-6-2-4-10-23(14)16(22-15)18(25)21-12-7-8-12/h1,3,5,9,12H,2,4,6-8,10-11H2,(H,20,24)(H,21,25). The van der Waals surface area contributed by atoms with Crippen LogP contribution < -0.4 is 10.6 Å². The van der Waals surface area contributed by atoms with Gasteiger partial charge in [-0.25, -0.2) is 4.98 Å². The molecule has 0 bridgehead atoms. The molecule has 130 valence electrons. The summed E-state index contributed by atoms with van der Waals surface area (Å²) in [6, 6.07) is 5.84. The Kier molecular flexibility index (Phi) is 4.21. The number of carbonyl (C=O) groups excluding carboxylic acids is 2. The number of fused-ring (bicyclic) bond motifs is 1. The van der Waals surface area contributed by atoms with Crippen LogP contribution in [0.4, 0.5) is 0 Å². The number of imidazole rings is 1. The van der Waals surface area contributed by atoms with Crippen LogP contribution >= 0.6 is 0 Å². The molecule has 0 atom stereocenters. The number of nitrogens with zero attached hydrogens (tertiary/aromatic N) is 3. The van der Waals surface area contributed by atoms with Crippen molar-refractivity contribution in [3.05, 3.63) is 47.3 Å². The molecule has 0 aromatic carbocycles. The van der Waals surface area contributed by atoms with Gasteiger partial charge < -0.3 is 15.2 Å². The summed E-state index contributed by atoms with van der Waals surface area (Å²) in [6.45, 7) is 1.08. The molecule has 1 aliphatic heterocycles. The van der Waals surface area contributed by atoms with Crippen molar-refractivity contribution in [2.24, 2.45) is 0 Å². The molecular weight excluding hydrogens is 318 g/mol. The fourth-order valence-electron chi connectivity index (χ4n) is 3.13. The molecule has 4 rings (SSSR count). The second kappa shape index (κ2) is 6.66. The molecule has 3 heterocycles. The number of nitrogens with one attached hydrogen (secondary N) is 2. The van der Waals surface area contributed by atoms with E-state index in [0.29, 0.717) is 18.1 Å². The normalized spacial score (nSPS) is 16.2. The van der Waals surface area contributed by atoms with E-state index in [2.05, 4.69) is 20.6 Å². The molecule has 0 unspecified atom stereocenters. The molecule has 7 nitrogen and oxygen atoms in total. The topological polar surface area (TPSA) is 88.9 Å². The van der Waals surface area contributed by atoms with Gasteiger partial charge in [-0.05, 0) is 44.2 Å². The lowest BCUT2D eigenvalue weighted by Gasteiger charge is -2.17. The Bertz CT molecular complexity index is 795. The molecule has 2 aliphatic rings. The number of aromatic nitrogens is 3. The smallest absolute Gasteiger partial charge is 0.287 e. The minimum atomic E-state index is -0.248. The van der Waals surface area contributed by atoms with Gasteiger partial charge in [0.05, 0.1) is 17.9 Å². The second-order valence-electron chi connectivity index (χ2n) is 6.59. The van der Waals surface area contributed by atoms with E-state index < -0.39 is 0 Å². The number of hydrogen-bond donors (Lipinski definition) is 2. The number of amides is 2. The van der Waals surface area contributed by atoms with Crippen LogP contribution in [0.15, 0.2) is 24.4 Å². The zero-order valence-electron chi connectivity index (χ0n) is 14.0. The Labute approximate surface area is 145 Å². The van der Waals surface area contributed by atoms with Crippen molar-refractivity contribution in [2.45, 2.75) is 51.2 Å². The van der Waals surface area contributed by atoms with Crippen molar-refractivity contribution < 1.29 is 9.59 Å². The van der Waals surface area contributed by atoms with Gasteiger partial charge in [-0.1, -0.05) is 6.07 Å². The molecule has 1 saturated carbocycles. The van der Waals surface area contributed by atoms with Crippen molar-refractivity contribution >= 4 is 11.8 Å². The Balaban J connectivity index is 1.54. The van der Waals surface area contributed by atoms with E-state index in [4.69, 9.17) is 0 Å². The fraction of sp³-hybridized carbons (Fsp3) is 0.444. The van der Waals surface area contributed by atoms with Gasteiger partial charge in [0, 0.05) is 18.8 Å². The lowest BCUT2D eigenvalue weighted by molar-refractivity contribution is 0.0935. The average Bonchev–Trinajstić information content (AvgIpc) is 3.37. The third-order valence-corrected chi connectivity index (χ3v) is 4.60. The summed E-state index contributed by atoms with van der Waals surface area (Å²) < 4.78 is 1.91. The summed E-state index contributed by atoms with van der Waals surface area (Å²) in [5, 5.41) is 5.83. The van der Waals surface area contributed by atoms with Crippen molar-refractivity contribution in [1.82, 2.24) is 25.2 Å². The van der Waals surface area contributed by atoms with Crippen molar-refractivity contribution in [3.8, 4) is 0 Å². The molecule has 2 amide bonds. The van der Waals surface area contributed by atoms with E-state index in [0.717, 1.165) is 50.0 Å². The van der Waals surface area contributed by atoms with E-state index in [1.165, 1.54) is 0 Å². The lowest BCUT2D eigenvalue weighted by atomic mass is 10.1. The lowest BCUT2D eigenvalue weighted by Crippen LogP contribution is -2.29. The van der Waals surface area contributed by atoms with E-state index in [1.807, 2.05) is 22.8 Å². The molecule has 2 aromatic heterocycles. The zero-order valence-corrected chi connectivity index (χ0v) is 14.0.